The highest BCUT2D eigenvalue weighted by Gasteiger charge is 2.31. The Kier molecular flexibility index (Phi) is 6.05. The molecule has 3 aromatic carbocycles. The van der Waals surface area contributed by atoms with Gasteiger partial charge in [0.25, 0.3) is 5.91 Å². The average molecular weight is 433 g/mol. The van der Waals surface area contributed by atoms with Crippen molar-refractivity contribution in [1.82, 2.24) is 5.32 Å². The Labute approximate surface area is 185 Å². The molecule has 0 spiro atoms. The topological polar surface area (TPSA) is 58.6 Å². The summed E-state index contributed by atoms with van der Waals surface area (Å²) in [4.78, 5) is 27.2. The molecule has 0 fully saturated rings. The monoisotopic (exact) mass is 432 g/mol. The van der Waals surface area contributed by atoms with Gasteiger partial charge in [-0.15, -0.1) is 0 Å². The number of hydrogen-bond donors (Lipinski definition) is 1. The molecule has 1 N–H and O–H groups in total. The van der Waals surface area contributed by atoms with Crippen LogP contribution in [0.25, 0.3) is 6.08 Å². The maximum absolute atomic E-state index is 13.2. The summed E-state index contributed by atoms with van der Waals surface area (Å²) in [5.74, 6) is 0.0815. The van der Waals surface area contributed by atoms with Crippen molar-refractivity contribution in [3.63, 3.8) is 0 Å². The van der Waals surface area contributed by atoms with Gasteiger partial charge in [0.2, 0.25) is 5.91 Å². The van der Waals surface area contributed by atoms with E-state index >= 15 is 0 Å². The molecule has 1 aliphatic rings. The highest BCUT2D eigenvalue weighted by atomic mass is 35.5. The molecule has 1 heterocycles. The summed E-state index contributed by atoms with van der Waals surface area (Å²) >= 11 is 5.90. The predicted octanol–water partition coefficient (Wildman–Crippen LogP) is 4.73. The summed E-state index contributed by atoms with van der Waals surface area (Å²) in [7, 11) is 0. The molecular weight excluding hydrogens is 412 g/mol. The molecule has 0 atom stereocenters. The molecule has 3 aromatic rings. The second-order valence-electron chi connectivity index (χ2n) is 7.29. The normalized spacial score (nSPS) is 14.2. The van der Waals surface area contributed by atoms with Crippen molar-refractivity contribution in [2.75, 3.05) is 11.4 Å². The van der Waals surface area contributed by atoms with Crippen LogP contribution in [-0.2, 0) is 16.1 Å². The van der Waals surface area contributed by atoms with E-state index in [1.165, 1.54) is 4.90 Å². The van der Waals surface area contributed by atoms with Gasteiger partial charge in [0, 0.05) is 11.6 Å². The van der Waals surface area contributed by atoms with Crippen LogP contribution in [0.3, 0.4) is 0 Å². The molecule has 2 amide bonds. The maximum Gasteiger partial charge on any atom is 0.294 e. The first kappa shape index (κ1) is 20.7. The van der Waals surface area contributed by atoms with E-state index in [9.17, 15) is 9.59 Å². The summed E-state index contributed by atoms with van der Waals surface area (Å²) in [6, 6.07) is 22.2. The Hall–Kier alpha value is -3.57. The first-order chi connectivity index (χ1) is 15.0. The van der Waals surface area contributed by atoms with Crippen LogP contribution in [0, 0.1) is 6.92 Å². The van der Waals surface area contributed by atoms with Crippen molar-refractivity contribution in [3.05, 3.63) is 100 Å². The minimum Gasteiger partial charge on any atom is -0.449 e. The number of rotatable bonds is 5. The zero-order valence-corrected chi connectivity index (χ0v) is 17.7. The van der Waals surface area contributed by atoms with Crippen LogP contribution in [0.2, 0.25) is 5.02 Å². The summed E-state index contributed by atoms with van der Waals surface area (Å²) in [5, 5.41) is 3.49. The fourth-order valence-corrected chi connectivity index (χ4v) is 3.46. The lowest BCUT2D eigenvalue weighted by Gasteiger charge is -2.30. The quantitative estimate of drug-likeness (QED) is 0.593. The summed E-state index contributed by atoms with van der Waals surface area (Å²) in [5.41, 5.74) is 3.42. The van der Waals surface area contributed by atoms with Crippen LogP contribution in [-0.4, -0.2) is 18.4 Å². The molecule has 1 aliphatic heterocycles. The maximum atomic E-state index is 13.2. The van der Waals surface area contributed by atoms with Gasteiger partial charge in [-0.05, 0) is 48.4 Å². The van der Waals surface area contributed by atoms with E-state index in [1.54, 1.807) is 30.3 Å². The number of hydrogen-bond acceptors (Lipinski definition) is 3. The number of halogens is 1. The minimum atomic E-state index is -0.359. The number of fused-ring (bicyclic) bond motifs is 1. The van der Waals surface area contributed by atoms with Crippen LogP contribution in [0.5, 0.6) is 5.75 Å². The molecule has 6 heteroatoms. The number of carbonyl (C=O) groups is 2. The lowest BCUT2D eigenvalue weighted by molar-refractivity contribution is -0.123. The summed E-state index contributed by atoms with van der Waals surface area (Å²) in [6.45, 7) is 2.22. The van der Waals surface area contributed by atoms with E-state index in [4.69, 9.17) is 16.3 Å². The van der Waals surface area contributed by atoms with Crippen molar-refractivity contribution in [1.29, 1.82) is 0 Å². The Morgan fingerprint density at radius 3 is 2.61 bits per heavy atom. The van der Waals surface area contributed by atoms with Crippen molar-refractivity contribution in [3.8, 4) is 5.75 Å². The van der Waals surface area contributed by atoms with E-state index < -0.39 is 0 Å². The number of nitrogens with one attached hydrogen (secondary N) is 1. The van der Waals surface area contributed by atoms with Gasteiger partial charge in [0.1, 0.15) is 6.54 Å². The number of para-hydroxylation sites is 2. The van der Waals surface area contributed by atoms with E-state index in [0.29, 0.717) is 23.0 Å². The number of amides is 2. The first-order valence-corrected chi connectivity index (χ1v) is 10.3. The Balaban J connectivity index is 1.54. The molecule has 156 valence electrons. The number of nitrogens with zero attached hydrogens (tertiary/aromatic N) is 1. The van der Waals surface area contributed by atoms with Gasteiger partial charge in [0.15, 0.2) is 11.5 Å². The van der Waals surface area contributed by atoms with Crippen LogP contribution in [0.15, 0.2) is 78.6 Å². The van der Waals surface area contributed by atoms with Gasteiger partial charge in [-0.25, -0.2) is 0 Å². The van der Waals surface area contributed by atoms with Crippen LogP contribution in [0.4, 0.5) is 5.69 Å². The molecule has 0 aromatic heterocycles. The molecule has 0 radical (unpaired) electrons. The largest absolute Gasteiger partial charge is 0.449 e. The van der Waals surface area contributed by atoms with Crippen molar-refractivity contribution >= 4 is 35.2 Å². The van der Waals surface area contributed by atoms with Crippen LogP contribution >= 0.6 is 11.6 Å². The Morgan fingerprint density at radius 1 is 1.06 bits per heavy atom. The van der Waals surface area contributed by atoms with Gasteiger partial charge in [-0.3, -0.25) is 14.5 Å². The lowest BCUT2D eigenvalue weighted by Crippen LogP contribution is -2.44. The van der Waals surface area contributed by atoms with E-state index in [0.717, 1.165) is 16.7 Å². The average Bonchev–Trinajstić information content (AvgIpc) is 2.76. The van der Waals surface area contributed by atoms with Gasteiger partial charge >= 0.3 is 0 Å². The van der Waals surface area contributed by atoms with Crippen molar-refractivity contribution in [2.24, 2.45) is 0 Å². The molecule has 4 rings (SSSR count). The zero-order valence-electron chi connectivity index (χ0n) is 17.0. The van der Waals surface area contributed by atoms with Crippen LogP contribution in [0.1, 0.15) is 16.7 Å². The Bertz CT molecular complexity index is 1160. The van der Waals surface area contributed by atoms with Crippen molar-refractivity contribution < 1.29 is 14.3 Å². The molecule has 0 bridgehead atoms. The number of anilines is 1. The SMILES string of the molecule is Cc1cccc(C=C2Oc3ccccc3N(CC(=O)NCc3ccc(Cl)cc3)C2=O)c1. The number of ether oxygens (including phenoxy) is 1. The van der Waals surface area contributed by atoms with Gasteiger partial charge in [-0.1, -0.05) is 65.7 Å². The highest BCUT2D eigenvalue weighted by Crippen LogP contribution is 2.35. The van der Waals surface area contributed by atoms with Gasteiger partial charge in [-0.2, -0.15) is 0 Å². The smallest absolute Gasteiger partial charge is 0.294 e. The molecule has 31 heavy (non-hydrogen) atoms. The Morgan fingerprint density at radius 2 is 1.84 bits per heavy atom. The molecule has 5 nitrogen and oxygen atoms in total. The molecule has 0 unspecified atom stereocenters. The first-order valence-electron chi connectivity index (χ1n) is 9.88. The lowest BCUT2D eigenvalue weighted by atomic mass is 10.1. The molecule has 0 saturated heterocycles. The third kappa shape index (κ3) is 4.95. The number of aryl methyl sites for hydroxylation is 1. The summed E-state index contributed by atoms with van der Waals surface area (Å²) in [6.07, 6.45) is 1.70. The minimum absolute atomic E-state index is 0.113. The van der Waals surface area contributed by atoms with Gasteiger partial charge < -0.3 is 10.1 Å². The van der Waals surface area contributed by atoms with Gasteiger partial charge in [0.05, 0.1) is 5.69 Å². The van der Waals surface area contributed by atoms with E-state index in [2.05, 4.69) is 5.32 Å². The van der Waals surface area contributed by atoms with E-state index in [1.807, 2.05) is 55.5 Å². The highest BCUT2D eigenvalue weighted by molar-refractivity contribution is 6.30. The van der Waals surface area contributed by atoms with E-state index in [-0.39, 0.29) is 24.1 Å². The number of carbonyl (C=O) groups excluding carboxylic acids is 2. The standard InChI is InChI=1S/C25H21ClN2O3/c1-17-5-4-6-19(13-17)14-23-25(30)28(21-7-2-3-8-22(21)31-23)16-24(29)27-15-18-9-11-20(26)12-10-18/h2-14H,15-16H2,1H3,(H,27,29). The second kappa shape index (κ2) is 9.06. The number of benzene rings is 3. The fourth-order valence-electron chi connectivity index (χ4n) is 3.33. The predicted molar refractivity (Wildman–Crippen MR) is 122 cm³/mol. The van der Waals surface area contributed by atoms with Crippen LogP contribution < -0.4 is 15.0 Å². The third-order valence-corrected chi connectivity index (χ3v) is 5.13. The second-order valence-corrected chi connectivity index (χ2v) is 7.72. The third-order valence-electron chi connectivity index (χ3n) is 4.88. The van der Waals surface area contributed by atoms with Crippen molar-refractivity contribution in [2.45, 2.75) is 13.5 Å². The fraction of sp³-hybridized carbons (Fsp3) is 0.120. The molecule has 0 saturated carbocycles. The summed E-state index contributed by atoms with van der Waals surface area (Å²) < 4.78 is 5.87. The molecular formula is C25H21ClN2O3. The molecule has 0 aliphatic carbocycles. The zero-order chi connectivity index (χ0) is 21.8.